The summed E-state index contributed by atoms with van der Waals surface area (Å²) in [6.45, 7) is 2.28. The molecule has 24 heavy (non-hydrogen) atoms. The molecule has 134 valence electrons. The van der Waals surface area contributed by atoms with Gasteiger partial charge in [-0.25, -0.2) is 0 Å². The van der Waals surface area contributed by atoms with Crippen LogP contribution in [-0.4, -0.2) is 0 Å². The van der Waals surface area contributed by atoms with Gasteiger partial charge in [-0.3, -0.25) is 0 Å². The van der Waals surface area contributed by atoms with Crippen LogP contribution in [0.15, 0.2) is 24.1 Å². The van der Waals surface area contributed by atoms with Gasteiger partial charge in [0.1, 0.15) is 6.07 Å². The number of nitriles is 1. The molecular formula is C22H34FN. The third kappa shape index (κ3) is 6.80. The fourth-order valence-corrected chi connectivity index (χ4v) is 4.41. The summed E-state index contributed by atoms with van der Waals surface area (Å²) in [6, 6.07) is 1.59. The van der Waals surface area contributed by atoms with E-state index in [1.807, 2.05) is 0 Å². The lowest BCUT2D eigenvalue weighted by Crippen LogP contribution is -2.14. The first-order valence-corrected chi connectivity index (χ1v) is 10.2. The van der Waals surface area contributed by atoms with E-state index in [-0.39, 0.29) is 5.92 Å². The van der Waals surface area contributed by atoms with E-state index in [4.69, 9.17) is 5.26 Å². The molecule has 0 atom stereocenters. The van der Waals surface area contributed by atoms with Crippen LogP contribution in [0.5, 0.6) is 0 Å². The highest BCUT2D eigenvalue weighted by molar-refractivity contribution is 5.13. The maximum Gasteiger partial charge on any atom is 0.196 e. The van der Waals surface area contributed by atoms with Crippen molar-refractivity contribution in [3.63, 3.8) is 0 Å². The van der Waals surface area contributed by atoms with Gasteiger partial charge in [0.05, 0.1) is 0 Å². The smallest absolute Gasteiger partial charge is 0.195 e. The molecule has 0 heterocycles. The van der Waals surface area contributed by atoms with E-state index in [1.165, 1.54) is 57.4 Å². The van der Waals surface area contributed by atoms with Crippen molar-refractivity contribution in [2.24, 2.45) is 23.7 Å². The Kier molecular flexibility index (Phi) is 8.57. The molecule has 0 unspecified atom stereocenters. The summed E-state index contributed by atoms with van der Waals surface area (Å²) in [5.41, 5.74) is 0. The number of hydrogen-bond acceptors (Lipinski definition) is 1. The zero-order valence-electron chi connectivity index (χ0n) is 15.4. The molecule has 0 saturated heterocycles. The van der Waals surface area contributed by atoms with Gasteiger partial charge in [0.25, 0.3) is 0 Å². The van der Waals surface area contributed by atoms with E-state index in [0.29, 0.717) is 5.92 Å². The molecule has 0 amide bonds. The largest absolute Gasteiger partial charge is 0.196 e. The topological polar surface area (TPSA) is 23.8 Å². The fourth-order valence-electron chi connectivity index (χ4n) is 4.41. The first-order valence-electron chi connectivity index (χ1n) is 10.2. The third-order valence-corrected chi connectivity index (χ3v) is 6.07. The number of unbranched alkanes of at least 4 members (excludes halogenated alkanes) is 2. The number of nitrogens with zero attached hydrogens (tertiary/aromatic N) is 1. The molecule has 2 aliphatic carbocycles. The van der Waals surface area contributed by atoms with E-state index in [2.05, 4.69) is 19.1 Å². The van der Waals surface area contributed by atoms with Gasteiger partial charge < -0.3 is 0 Å². The van der Waals surface area contributed by atoms with Crippen LogP contribution in [0, 0.1) is 35.0 Å². The van der Waals surface area contributed by atoms with Crippen LogP contribution >= 0.6 is 0 Å². The van der Waals surface area contributed by atoms with Crippen LogP contribution < -0.4 is 0 Å². The standard InChI is InChI=1S/C22H34FN/c1-2-3-4-5-18-6-8-19(9-7-18)10-11-20-12-14-21(15-13-20)16-22(23)17-24/h10-11,16,18-21H,2-9,12-15H2,1H3/b11-10+,22-16?/t18-,19-,20?,21?. The summed E-state index contributed by atoms with van der Waals surface area (Å²) in [5, 5.41) is 8.52. The van der Waals surface area contributed by atoms with Crippen molar-refractivity contribution in [3.8, 4) is 6.07 Å². The number of allylic oxidation sites excluding steroid dienone is 4. The Hall–Kier alpha value is -1.10. The molecule has 0 radical (unpaired) electrons. The molecule has 2 rings (SSSR count). The van der Waals surface area contributed by atoms with E-state index < -0.39 is 5.83 Å². The highest BCUT2D eigenvalue weighted by Crippen LogP contribution is 2.35. The molecule has 2 aliphatic rings. The fraction of sp³-hybridized carbons (Fsp3) is 0.773. The predicted octanol–water partition coefficient (Wildman–Crippen LogP) is 7.11. The average Bonchev–Trinajstić information content (AvgIpc) is 2.62. The highest BCUT2D eigenvalue weighted by atomic mass is 19.1. The minimum atomic E-state index is -0.607. The lowest BCUT2D eigenvalue weighted by atomic mass is 9.78. The Morgan fingerprint density at radius 1 is 0.917 bits per heavy atom. The molecule has 0 N–H and O–H groups in total. The average molecular weight is 332 g/mol. The summed E-state index contributed by atoms with van der Waals surface area (Å²) >= 11 is 0. The van der Waals surface area contributed by atoms with E-state index in [1.54, 1.807) is 6.07 Å². The van der Waals surface area contributed by atoms with Crippen LogP contribution in [0.4, 0.5) is 4.39 Å². The Morgan fingerprint density at radius 3 is 2.00 bits per heavy atom. The van der Waals surface area contributed by atoms with Crippen molar-refractivity contribution in [2.45, 2.75) is 84.0 Å². The second kappa shape index (κ2) is 10.7. The summed E-state index contributed by atoms with van der Waals surface area (Å²) in [4.78, 5) is 0. The molecule has 0 aromatic rings. The number of rotatable bonds is 7. The van der Waals surface area contributed by atoms with Crippen LogP contribution in [0.3, 0.4) is 0 Å². The molecule has 2 heteroatoms. The van der Waals surface area contributed by atoms with Gasteiger partial charge in [-0.2, -0.15) is 9.65 Å². The second-order valence-electron chi connectivity index (χ2n) is 7.96. The third-order valence-electron chi connectivity index (χ3n) is 6.07. The predicted molar refractivity (Wildman–Crippen MR) is 99.0 cm³/mol. The zero-order valence-corrected chi connectivity index (χ0v) is 15.4. The molecule has 2 saturated carbocycles. The molecule has 0 aromatic carbocycles. The van der Waals surface area contributed by atoms with Crippen LogP contribution in [0.25, 0.3) is 0 Å². The van der Waals surface area contributed by atoms with E-state index in [0.717, 1.165) is 37.5 Å². The summed E-state index contributed by atoms with van der Waals surface area (Å²) in [6.07, 6.45) is 22.0. The van der Waals surface area contributed by atoms with E-state index >= 15 is 0 Å². The van der Waals surface area contributed by atoms with Crippen LogP contribution in [0.2, 0.25) is 0 Å². The summed E-state index contributed by atoms with van der Waals surface area (Å²) < 4.78 is 13.0. The van der Waals surface area contributed by atoms with Crippen molar-refractivity contribution in [1.82, 2.24) is 0 Å². The quantitative estimate of drug-likeness (QED) is 0.277. The van der Waals surface area contributed by atoms with Gasteiger partial charge in [-0.1, -0.05) is 44.8 Å². The van der Waals surface area contributed by atoms with Gasteiger partial charge in [0, 0.05) is 0 Å². The van der Waals surface area contributed by atoms with Crippen molar-refractivity contribution >= 4 is 0 Å². The van der Waals surface area contributed by atoms with Gasteiger partial charge in [-0.15, -0.1) is 0 Å². The Bertz CT molecular complexity index is 443. The maximum absolute atomic E-state index is 13.0. The van der Waals surface area contributed by atoms with Crippen molar-refractivity contribution in [1.29, 1.82) is 5.26 Å². The Labute approximate surface area is 148 Å². The number of halogens is 1. The minimum Gasteiger partial charge on any atom is -0.195 e. The molecule has 1 nitrogen and oxygen atoms in total. The molecule has 0 bridgehead atoms. The Balaban J connectivity index is 1.64. The van der Waals surface area contributed by atoms with Crippen molar-refractivity contribution in [3.05, 3.63) is 24.1 Å². The minimum absolute atomic E-state index is 0.271. The van der Waals surface area contributed by atoms with Gasteiger partial charge in [0.15, 0.2) is 5.83 Å². The molecule has 0 aliphatic heterocycles. The summed E-state index contributed by atoms with van der Waals surface area (Å²) in [7, 11) is 0. The zero-order chi connectivity index (χ0) is 17.2. The van der Waals surface area contributed by atoms with Crippen LogP contribution in [-0.2, 0) is 0 Å². The van der Waals surface area contributed by atoms with Gasteiger partial charge in [0.2, 0.25) is 0 Å². The van der Waals surface area contributed by atoms with Gasteiger partial charge >= 0.3 is 0 Å². The monoisotopic (exact) mass is 331 g/mol. The van der Waals surface area contributed by atoms with E-state index in [9.17, 15) is 4.39 Å². The molecule has 2 fully saturated rings. The van der Waals surface area contributed by atoms with Gasteiger partial charge in [-0.05, 0) is 81.1 Å². The molecule has 0 aromatic heterocycles. The first-order chi connectivity index (χ1) is 11.7. The lowest BCUT2D eigenvalue weighted by molar-refractivity contribution is 0.287. The first kappa shape index (κ1) is 19.2. The second-order valence-corrected chi connectivity index (χ2v) is 7.96. The maximum atomic E-state index is 13.0. The lowest BCUT2D eigenvalue weighted by Gasteiger charge is -2.28. The van der Waals surface area contributed by atoms with Crippen molar-refractivity contribution < 1.29 is 4.39 Å². The normalized spacial score (nSPS) is 32.0. The molecular weight excluding hydrogens is 297 g/mol. The van der Waals surface area contributed by atoms with Crippen LogP contribution in [0.1, 0.15) is 84.0 Å². The van der Waals surface area contributed by atoms with Crippen molar-refractivity contribution in [2.75, 3.05) is 0 Å². The number of hydrogen-bond donors (Lipinski definition) is 0. The summed E-state index contributed by atoms with van der Waals surface area (Å²) in [5.74, 6) is 2.11. The SMILES string of the molecule is CCCCC[C@H]1CC[C@H](/C=C/C2CCC(C=C(F)C#N)CC2)CC1. The Morgan fingerprint density at radius 2 is 1.46 bits per heavy atom. The molecule has 0 spiro atoms. The highest BCUT2D eigenvalue weighted by Gasteiger charge is 2.21.